The first-order valence-corrected chi connectivity index (χ1v) is 5.38. The Hall–Kier alpha value is -0.990. The van der Waals surface area contributed by atoms with Crippen molar-refractivity contribution in [3.63, 3.8) is 0 Å². The molecule has 0 unspecified atom stereocenters. The Kier molecular flexibility index (Phi) is 2.98. The lowest BCUT2D eigenvalue weighted by Crippen LogP contribution is -1.94. The van der Waals surface area contributed by atoms with E-state index in [1.54, 1.807) is 0 Å². The molecule has 0 atom stereocenters. The molecule has 0 aliphatic rings. The molecule has 15 heavy (non-hydrogen) atoms. The van der Waals surface area contributed by atoms with Gasteiger partial charge in [0.1, 0.15) is 0 Å². The molecule has 3 heteroatoms. The third kappa shape index (κ3) is 2.33. The van der Waals surface area contributed by atoms with Crippen LogP contribution in [0.3, 0.4) is 0 Å². The maximum atomic E-state index is 11.0. The number of rotatable bonds is 2. The van der Waals surface area contributed by atoms with Crippen molar-refractivity contribution < 1.29 is 4.79 Å². The van der Waals surface area contributed by atoms with Gasteiger partial charge in [-0.1, -0.05) is 35.9 Å². The maximum absolute atomic E-state index is 11.0. The Morgan fingerprint density at radius 2 is 2.07 bits per heavy atom. The third-order valence-corrected chi connectivity index (χ3v) is 2.67. The van der Waals surface area contributed by atoms with E-state index in [1.807, 2.05) is 36.4 Å². The van der Waals surface area contributed by atoms with Crippen molar-refractivity contribution in [2.75, 3.05) is 0 Å². The van der Waals surface area contributed by atoms with Crippen LogP contribution in [0, 0.1) is 0 Å². The van der Waals surface area contributed by atoms with Crippen LogP contribution in [0.25, 0.3) is 10.8 Å². The van der Waals surface area contributed by atoms with E-state index < -0.39 is 0 Å². The quantitative estimate of drug-likeness (QED) is 0.790. The lowest BCUT2D eigenvalue weighted by molar-refractivity contribution is -0.110. The van der Waals surface area contributed by atoms with E-state index in [4.69, 9.17) is 11.6 Å². The summed E-state index contributed by atoms with van der Waals surface area (Å²) in [6, 6.07) is 11.5. The van der Waals surface area contributed by atoms with Crippen LogP contribution in [0.4, 0.5) is 0 Å². The first-order chi connectivity index (χ1) is 7.16. The van der Waals surface area contributed by atoms with Crippen LogP contribution in [0.15, 0.2) is 36.4 Å². The highest BCUT2D eigenvalue weighted by molar-refractivity contribution is 7.96. The molecular weight excluding hydrogens is 228 g/mol. The molecule has 0 N–H and O–H groups in total. The number of hydrogen-bond donors (Lipinski definition) is 1. The molecule has 0 amide bonds. The van der Waals surface area contributed by atoms with Crippen molar-refractivity contribution >= 4 is 40.1 Å². The normalized spacial score (nSPS) is 10.5. The van der Waals surface area contributed by atoms with Gasteiger partial charge in [-0.2, -0.15) is 0 Å². The van der Waals surface area contributed by atoms with Gasteiger partial charge in [0.25, 0.3) is 0 Å². The zero-order valence-corrected chi connectivity index (χ0v) is 9.55. The van der Waals surface area contributed by atoms with Gasteiger partial charge in [-0.3, -0.25) is 4.79 Å². The van der Waals surface area contributed by atoms with E-state index in [0.717, 1.165) is 16.3 Å². The molecule has 76 valence electrons. The average molecular weight is 237 g/mol. The molecule has 0 saturated heterocycles. The largest absolute Gasteiger partial charge is 0.287 e. The standard InChI is InChI=1S/C12H9ClOS/c13-10-5-4-8-2-1-3-9(6-12(14)15)11(8)7-10/h1-5,7H,6H2,(H,14,15). The molecule has 2 aromatic rings. The number of halogens is 1. The van der Waals surface area contributed by atoms with Gasteiger partial charge in [0.2, 0.25) is 0 Å². The summed E-state index contributed by atoms with van der Waals surface area (Å²) in [4.78, 5) is 11.0. The van der Waals surface area contributed by atoms with Crippen LogP contribution in [-0.4, -0.2) is 5.12 Å². The van der Waals surface area contributed by atoms with E-state index in [-0.39, 0.29) is 5.12 Å². The van der Waals surface area contributed by atoms with E-state index >= 15 is 0 Å². The molecule has 2 rings (SSSR count). The Morgan fingerprint density at radius 1 is 1.27 bits per heavy atom. The minimum atomic E-state index is -0.137. The van der Waals surface area contributed by atoms with Gasteiger partial charge < -0.3 is 0 Å². The molecule has 0 aromatic heterocycles. The van der Waals surface area contributed by atoms with E-state index in [1.165, 1.54) is 0 Å². The van der Waals surface area contributed by atoms with Crippen LogP contribution in [0.1, 0.15) is 5.56 Å². The smallest absolute Gasteiger partial charge is 0.190 e. The van der Waals surface area contributed by atoms with Gasteiger partial charge >= 0.3 is 0 Å². The molecule has 1 nitrogen and oxygen atoms in total. The Labute approximate surface area is 98.5 Å². The highest BCUT2D eigenvalue weighted by Crippen LogP contribution is 2.23. The predicted molar refractivity (Wildman–Crippen MR) is 66.7 cm³/mol. The molecule has 0 aliphatic carbocycles. The molecule has 0 aliphatic heterocycles. The summed E-state index contributed by atoms with van der Waals surface area (Å²) in [6.07, 6.45) is 0.334. The number of fused-ring (bicyclic) bond motifs is 1. The van der Waals surface area contributed by atoms with Gasteiger partial charge in [-0.25, -0.2) is 0 Å². The van der Waals surface area contributed by atoms with Gasteiger partial charge in [-0.05, 0) is 28.5 Å². The monoisotopic (exact) mass is 236 g/mol. The minimum absolute atomic E-state index is 0.137. The number of carbonyl (C=O) groups excluding carboxylic acids is 1. The highest BCUT2D eigenvalue weighted by Gasteiger charge is 2.04. The number of hydrogen-bond acceptors (Lipinski definition) is 1. The van der Waals surface area contributed by atoms with Crippen molar-refractivity contribution in [2.45, 2.75) is 6.42 Å². The average Bonchev–Trinajstić information content (AvgIpc) is 2.18. The number of carbonyl (C=O) groups is 1. The zero-order chi connectivity index (χ0) is 10.8. The van der Waals surface area contributed by atoms with E-state index in [2.05, 4.69) is 12.6 Å². The lowest BCUT2D eigenvalue weighted by atomic mass is 10.0. The summed E-state index contributed by atoms with van der Waals surface area (Å²) >= 11 is 9.71. The van der Waals surface area contributed by atoms with Crippen LogP contribution in [0.2, 0.25) is 5.02 Å². The molecule has 0 saturated carbocycles. The highest BCUT2D eigenvalue weighted by atomic mass is 35.5. The summed E-state index contributed by atoms with van der Waals surface area (Å²) in [5.74, 6) is 0. The Bertz CT molecular complexity index is 522. The van der Waals surface area contributed by atoms with Gasteiger partial charge in [0.15, 0.2) is 5.12 Å². The van der Waals surface area contributed by atoms with Crippen molar-refractivity contribution in [1.29, 1.82) is 0 Å². The number of benzene rings is 2. The second kappa shape index (κ2) is 4.25. The van der Waals surface area contributed by atoms with Crippen molar-refractivity contribution in [1.82, 2.24) is 0 Å². The molecule has 0 spiro atoms. The number of thiol groups is 1. The minimum Gasteiger partial charge on any atom is -0.287 e. The SMILES string of the molecule is O=C(S)Cc1cccc2ccc(Cl)cc12. The zero-order valence-electron chi connectivity index (χ0n) is 7.90. The predicted octanol–water partition coefficient (Wildman–Crippen LogP) is 3.49. The second-order valence-electron chi connectivity index (χ2n) is 3.35. The summed E-state index contributed by atoms with van der Waals surface area (Å²) < 4.78 is 0. The van der Waals surface area contributed by atoms with Crippen LogP contribution in [-0.2, 0) is 11.2 Å². The fourth-order valence-corrected chi connectivity index (χ4v) is 1.97. The lowest BCUT2D eigenvalue weighted by Gasteiger charge is -2.04. The molecular formula is C12H9ClOS. The van der Waals surface area contributed by atoms with Gasteiger partial charge in [0, 0.05) is 11.4 Å². The Morgan fingerprint density at radius 3 is 2.80 bits per heavy atom. The molecule has 0 heterocycles. The second-order valence-corrected chi connectivity index (χ2v) is 4.29. The first-order valence-electron chi connectivity index (χ1n) is 4.56. The van der Waals surface area contributed by atoms with Crippen LogP contribution >= 0.6 is 24.2 Å². The van der Waals surface area contributed by atoms with Crippen LogP contribution < -0.4 is 0 Å². The Balaban J connectivity index is 2.63. The van der Waals surface area contributed by atoms with Gasteiger partial charge in [-0.15, -0.1) is 12.6 Å². The first kappa shape index (κ1) is 10.5. The summed E-state index contributed by atoms with van der Waals surface area (Å²) in [7, 11) is 0. The van der Waals surface area contributed by atoms with Gasteiger partial charge in [0.05, 0.1) is 0 Å². The summed E-state index contributed by atoms with van der Waals surface area (Å²) in [5.41, 5.74) is 0.968. The molecule has 2 aromatic carbocycles. The summed E-state index contributed by atoms with van der Waals surface area (Å²) in [5, 5.41) is 2.66. The maximum Gasteiger partial charge on any atom is 0.190 e. The molecule has 0 fully saturated rings. The third-order valence-electron chi connectivity index (χ3n) is 2.28. The van der Waals surface area contributed by atoms with Crippen molar-refractivity contribution in [3.8, 4) is 0 Å². The van der Waals surface area contributed by atoms with E-state index in [9.17, 15) is 4.79 Å². The van der Waals surface area contributed by atoms with E-state index in [0.29, 0.717) is 11.4 Å². The topological polar surface area (TPSA) is 17.1 Å². The summed E-state index contributed by atoms with van der Waals surface area (Å²) in [6.45, 7) is 0. The van der Waals surface area contributed by atoms with Crippen molar-refractivity contribution in [3.05, 3.63) is 47.0 Å². The van der Waals surface area contributed by atoms with Crippen LogP contribution in [0.5, 0.6) is 0 Å². The molecule has 0 bridgehead atoms. The fourth-order valence-electron chi connectivity index (χ4n) is 1.63. The molecule has 0 radical (unpaired) electrons. The van der Waals surface area contributed by atoms with Crippen molar-refractivity contribution in [2.24, 2.45) is 0 Å². The fraction of sp³-hybridized carbons (Fsp3) is 0.0833.